The minimum Gasteiger partial charge on any atom is -0.462 e. The lowest BCUT2D eigenvalue weighted by Gasteiger charge is -2.00. The predicted octanol–water partition coefficient (Wildman–Crippen LogP) is 0.894. The van der Waals surface area contributed by atoms with Crippen molar-refractivity contribution in [1.29, 1.82) is 0 Å². The Balaban J connectivity index is 3.25. The molecule has 1 atom stereocenters. The second-order valence-corrected chi connectivity index (χ2v) is 2.96. The van der Waals surface area contributed by atoms with Gasteiger partial charge in [-0.25, -0.2) is 4.79 Å². The highest BCUT2D eigenvalue weighted by Crippen LogP contribution is 2.13. The minimum absolute atomic E-state index is 0.122. The average Bonchev–Trinajstić information content (AvgIpc) is 2.03. The van der Waals surface area contributed by atoms with Crippen LogP contribution in [0.5, 0.6) is 0 Å². The molecule has 0 amide bonds. The summed E-state index contributed by atoms with van der Waals surface area (Å²) >= 11 is 0. The van der Waals surface area contributed by atoms with Crippen LogP contribution < -0.4 is 0 Å². The molecule has 0 radical (unpaired) electrons. The van der Waals surface area contributed by atoms with Gasteiger partial charge in [0.2, 0.25) is 0 Å². The van der Waals surface area contributed by atoms with Gasteiger partial charge in [-0.2, -0.15) is 0 Å². The molecule has 0 saturated heterocycles. The first-order valence-electron chi connectivity index (χ1n) is 3.82. The number of hydrogen-bond acceptors (Lipinski definition) is 4. The topological polar surface area (TPSA) is 72.8 Å². The van der Waals surface area contributed by atoms with E-state index in [0.717, 1.165) is 0 Å². The van der Waals surface area contributed by atoms with Crippen molar-refractivity contribution >= 4 is 14.2 Å². The Hall–Kier alpha value is -0.640. The summed E-state index contributed by atoms with van der Waals surface area (Å²) in [4.78, 5) is 18.9. The second-order valence-electron chi connectivity index (χ2n) is 2.14. The van der Waals surface area contributed by atoms with Crippen molar-refractivity contribution < 1.29 is 23.5 Å². The maximum Gasteiger partial charge on any atom is 0.330 e. The molecule has 0 aromatic carbocycles. The van der Waals surface area contributed by atoms with Gasteiger partial charge in [0.05, 0.1) is 13.2 Å². The van der Waals surface area contributed by atoms with Crippen molar-refractivity contribution in [2.75, 3.05) is 13.2 Å². The van der Waals surface area contributed by atoms with E-state index < -0.39 is 14.2 Å². The molecule has 0 aliphatic carbocycles. The zero-order chi connectivity index (χ0) is 10.1. The summed E-state index contributed by atoms with van der Waals surface area (Å²) < 4.78 is 19.1. The van der Waals surface area contributed by atoms with Crippen molar-refractivity contribution in [3.63, 3.8) is 0 Å². The zero-order valence-electron chi connectivity index (χ0n) is 7.36. The van der Waals surface area contributed by atoms with Crippen LogP contribution in [0.25, 0.3) is 0 Å². The number of carbonyl (C=O) groups is 1. The summed E-state index contributed by atoms with van der Waals surface area (Å²) in [6.45, 7) is 2.03. The average molecular weight is 208 g/mol. The Bertz CT molecular complexity index is 201. The Kier molecular flexibility index (Phi) is 7.59. The molecule has 0 heterocycles. The molecule has 0 fully saturated rings. The molecular formula is C7H13O5P. The molecule has 0 rings (SSSR count). The first kappa shape index (κ1) is 12.4. The lowest BCUT2D eigenvalue weighted by molar-refractivity contribution is -0.137. The first-order valence-corrected chi connectivity index (χ1v) is 5.08. The van der Waals surface area contributed by atoms with Gasteiger partial charge in [0, 0.05) is 12.5 Å². The van der Waals surface area contributed by atoms with E-state index >= 15 is 0 Å². The normalized spacial score (nSPS) is 13.1. The lowest BCUT2D eigenvalue weighted by atomic mass is 10.5. The van der Waals surface area contributed by atoms with Gasteiger partial charge in [-0.1, -0.05) is 6.08 Å². The summed E-state index contributed by atoms with van der Waals surface area (Å²) in [5.41, 5.74) is 0. The van der Waals surface area contributed by atoms with Crippen LogP contribution in [-0.4, -0.2) is 24.1 Å². The van der Waals surface area contributed by atoms with Gasteiger partial charge in [0.25, 0.3) is 0 Å². The van der Waals surface area contributed by atoms with E-state index in [1.54, 1.807) is 13.0 Å². The van der Waals surface area contributed by atoms with E-state index in [-0.39, 0.29) is 13.2 Å². The van der Waals surface area contributed by atoms with Crippen LogP contribution in [-0.2, 0) is 18.6 Å². The van der Waals surface area contributed by atoms with E-state index in [1.807, 2.05) is 0 Å². The van der Waals surface area contributed by atoms with Crippen molar-refractivity contribution in [3.8, 4) is 0 Å². The van der Waals surface area contributed by atoms with Gasteiger partial charge < -0.3 is 14.2 Å². The Morgan fingerprint density at radius 1 is 1.54 bits per heavy atom. The fourth-order valence-electron chi connectivity index (χ4n) is 0.575. The predicted molar refractivity (Wildman–Crippen MR) is 47.6 cm³/mol. The molecule has 13 heavy (non-hydrogen) atoms. The van der Waals surface area contributed by atoms with Gasteiger partial charge in [-0.15, -0.1) is 0 Å². The molecule has 6 heteroatoms. The third-order valence-electron chi connectivity index (χ3n) is 1.06. The van der Waals surface area contributed by atoms with Gasteiger partial charge in [0.1, 0.15) is 0 Å². The molecule has 1 N–H and O–H groups in total. The highest BCUT2D eigenvalue weighted by atomic mass is 31.1. The van der Waals surface area contributed by atoms with Crippen molar-refractivity contribution in [2.24, 2.45) is 0 Å². The monoisotopic (exact) mass is 208 g/mol. The summed E-state index contributed by atoms with van der Waals surface area (Å²) in [7, 11) is -2.85. The number of allylic oxidation sites excluding steroid dienone is 1. The van der Waals surface area contributed by atoms with Crippen LogP contribution in [0.15, 0.2) is 12.2 Å². The van der Waals surface area contributed by atoms with E-state index in [4.69, 9.17) is 4.89 Å². The Labute approximate surface area is 77.3 Å². The van der Waals surface area contributed by atoms with Crippen molar-refractivity contribution in [3.05, 3.63) is 12.2 Å². The zero-order valence-corrected chi connectivity index (χ0v) is 8.36. The molecule has 5 nitrogen and oxygen atoms in total. The largest absolute Gasteiger partial charge is 0.462 e. The number of carbonyl (C=O) groups excluding carboxylic acids is 1. The van der Waals surface area contributed by atoms with Crippen molar-refractivity contribution in [2.45, 2.75) is 13.3 Å². The van der Waals surface area contributed by atoms with Crippen LogP contribution in [0.2, 0.25) is 0 Å². The lowest BCUT2D eigenvalue weighted by Crippen LogP contribution is -2.03. The third kappa shape index (κ3) is 9.27. The summed E-state index contributed by atoms with van der Waals surface area (Å²) in [5.74, 6) is -0.417. The molecular weight excluding hydrogens is 195 g/mol. The van der Waals surface area contributed by atoms with Gasteiger partial charge >= 0.3 is 14.2 Å². The summed E-state index contributed by atoms with van der Waals surface area (Å²) in [6, 6.07) is 0. The fourth-order valence-corrected chi connectivity index (χ4v) is 0.894. The van der Waals surface area contributed by atoms with E-state index in [9.17, 15) is 9.36 Å². The third-order valence-corrected chi connectivity index (χ3v) is 1.51. The van der Waals surface area contributed by atoms with Gasteiger partial charge in [-0.3, -0.25) is 4.57 Å². The second kappa shape index (κ2) is 7.98. The maximum atomic E-state index is 10.7. The summed E-state index contributed by atoms with van der Waals surface area (Å²) in [5, 5.41) is 0. The molecule has 0 aromatic rings. The van der Waals surface area contributed by atoms with Gasteiger partial charge in [0.15, 0.2) is 0 Å². The van der Waals surface area contributed by atoms with Crippen molar-refractivity contribution in [1.82, 2.24) is 0 Å². The highest BCUT2D eigenvalue weighted by molar-refractivity contribution is 7.32. The maximum absolute atomic E-state index is 10.7. The van der Waals surface area contributed by atoms with E-state index in [2.05, 4.69) is 9.26 Å². The van der Waals surface area contributed by atoms with E-state index in [0.29, 0.717) is 6.42 Å². The van der Waals surface area contributed by atoms with Crippen LogP contribution in [0.4, 0.5) is 0 Å². The van der Waals surface area contributed by atoms with Crippen LogP contribution in [0.3, 0.4) is 0 Å². The van der Waals surface area contributed by atoms with Crippen LogP contribution >= 0.6 is 8.25 Å². The Morgan fingerprint density at radius 3 is 2.77 bits per heavy atom. The first-order chi connectivity index (χ1) is 6.16. The molecule has 0 bridgehead atoms. The highest BCUT2D eigenvalue weighted by Gasteiger charge is 1.96. The molecule has 1 unspecified atom stereocenters. The van der Waals surface area contributed by atoms with Crippen LogP contribution in [0, 0.1) is 0 Å². The fraction of sp³-hybridized carbons (Fsp3) is 0.571. The molecule has 0 aliphatic heterocycles. The molecule has 0 aromatic heterocycles. The minimum atomic E-state index is -2.85. The number of hydrogen-bond donors (Lipinski definition) is 1. The molecule has 0 aliphatic rings. The SMILES string of the molecule is CC=CC(=O)OCCCO[PH](=O)O. The smallest absolute Gasteiger partial charge is 0.330 e. The number of esters is 1. The molecule has 0 spiro atoms. The molecule has 0 saturated carbocycles. The van der Waals surface area contributed by atoms with Crippen LogP contribution in [0.1, 0.15) is 13.3 Å². The Morgan fingerprint density at radius 2 is 2.23 bits per heavy atom. The van der Waals surface area contributed by atoms with Gasteiger partial charge in [-0.05, 0) is 6.92 Å². The molecule has 76 valence electrons. The van der Waals surface area contributed by atoms with E-state index in [1.165, 1.54) is 6.08 Å². The number of ether oxygens (including phenoxy) is 1. The summed E-state index contributed by atoms with van der Waals surface area (Å²) in [6.07, 6.45) is 3.29. The standard InChI is InChI=1S/C7H13O5P/c1-2-4-7(8)11-5-3-6-12-13(9)10/h2,4,13H,3,5-6H2,1H3,(H,9,10). The number of rotatable bonds is 6. The quantitative estimate of drug-likeness (QED) is 0.304.